The van der Waals surface area contributed by atoms with E-state index < -0.39 is 17.9 Å². The Balaban J connectivity index is 2.52. The number of hydrogen-bond acceptors (Lipinski definition) is 4. The SMILES string of the molecule is CC[C@@H](CO)NC(=O)C(=O)Nc1ccc(OCC(C)C)cc1. The van der Waals surface area contributed by atoms with Gasteiger partial charge < -0.3 is 20.5 Å². The van der Waals surface area contributed by atoms with Crippen LogP contribution in [0.25, 0.3) is 0 Å². The number of aliphatic hydroxyl groups excluding tert-OH is 1. The summed E-state index contributed by atoms with van der Waals surface area (Å²) >= 11 is 0. The highest BCUT2D eigenvalue weighted by Crippen LogP contribution is 2.16. The van der Waals surface area contributed by atoms with E-state index in [0.717, 1.165) is 0 Å². The Morgan fingerprint density at radius 1 is 1.18 bits per heavy atom. The Bertz CT molecular complexity index is 481. The normalized spacial score (nSPS) is 11.9. The van der Waals surface area contributed by atoms with Gasteiger partial charge in [0.1, 0.15) is 5.75 Å². The maximum atomic E-state index is 11.7. The first kappa shape index (κ1) is 18.0. The van der Waals surface area contributed by atoms with Crippen molar-refractivity contribution in [2.45, 2.75) is 33.2 Å². The molecule has 0 aromatic heterocycles. The Hall–Kier alpha value is -2.08. The number of benzene rings is 1. The minimum atomic E-state index is -0.763. The number of anilines is 1. The van der Waals surface area contributed by atoms with Crippen molar-refractivity contribution in [2.75, 3.05) is 18.5 Å². The smallest absolute Gasteiger partial charge is 0.313 e. The molecule has 0 radical (unpaired) electrons. The largest absolute Gasteiger partial charge is 0.493 e. The van der Waals surface area contributed by atoms with Crippen LogP contribution in [0.5, 0.6) is 5.75 Å². The molecule has 1 aromatic carbocycles. The van der Waals surface area contributed by atoms with Gasteiger partial charge >= 0.3 is 11.8 Å². The number of amides is 2. The summed E-state index contributed by atoms with van der Waals surface area (Å²) in [4.78, 5) is 23.4. The lowest BCUT2D eigenvalue weighted by Crippen LogP contribution is -2.43. The molecule has 0 heterocycles. The third-order valence-corrected chi connectivity index (χ3v) is 2.95. The van der Waals surface area contributed by atoms with Gasteiger partial charge in [-0.3, -0.25) is 9.59 Å². The second-order valence-electron chi connectivity index (χ2n) is 5.44. The lowest BCUT2D eigenvalue weighted by atomic mass is 10.2. The number of ether oxygens (including phenoxy) is 1. The van der Waals surface area contributed by atoms with Gasteiger partial charge in [-0.15, -0.1) is 0 Å². The summed E-state index contributed by atoms with van der Waals surface area (Å²) in [6, 6.07) is 6.40. The van der Waals surface area contributed by atoms with Gasteiger partial charge in [-0.2, -0.15) is 0 Å². The van der Waals surface area contributed by atoms with E-state index in [4.69, 9.17) is 9.84 Å². The number of rotatable bonds is 7. The summed E-state index contributed by atoms with van der Waals surface area (Å²) in [7, 11) is 0. The van der Waals surface area contributed by atoms with E-state index in [9.17, 15) is 9.59 Å². The first-order valence-electron chi connectivity index (χ1n) is 7.41. The molecule has 6 nitrogen and oxygen atoms in total. The number of carbonyl (C=O) groups excluding carboxylic acids is 2. The summed E-state index contributed by atoms with van der Waals surface area (Å²) in [5, 5.41) is 14.0. The van der Waals surface area contributed by atoms with Crippen LogP contribution in [0.4, 0.5) is 5.69 Å². The van der Waals surface area contributed by atoms with Crippen LogP contribution in [-0.4, -0.2) is 36.2 Å². The lowest BCUT2D eigenvalue weighted by molar-refractivity contribution is -0.136. The molecule has 0 spiro atoms. The zero-order valence-corrected chi connectivity index (χ0v) is 13.3. The maximum Gasteiger partial charge on any atom is 0.313 e. The zero-order chi connectivity index (χ0) is 16.5. The van der Waals surface area contributed by atoms with Gasteiger partial charge in [0.05, 0.1) is 19.3 Å². The number of hydrogen-bond donors (Lipinski definition) is 3. The van der Waals surface area contributed by atoms with Gasteiger partial charge in [0.2, 0.25) is 0 Å². The molecule has 3 N–H and O–H groups in total. The van der Waals surface area contributed by atoms with Crippen LogP contribution in [0.15, 0.2) is 24.3 Å². The number of nitrogens with one attached hydrogen (secondary N) is 2. The van der Waals surface area contributed by atoms with Gasteiger partial charge in [-0.1, -0.05) is 20.8 Å². The molecule has 0 aliphatic heterocycles. The average molecular weight is 308 g/mol. The number of carbonyl (C=O) groups is 2. The molecule has 2 amide bonds. The molecule has 1 rings (SSSR count). The predicted octanol–water partition coefficient (Wildman–Crippen LogP) is 1.55. The average Bonchev–Trinajstić information content (AvgIpc) is 2.51. The third-order valence-electron chi connectivity index (χ3n) is 2.95. The fourth-order valence-corrected chi connectivity index (χ4v) is 1.61. The molecule has 122 valence electrons. The Morgan fingerprint density at radius 3 is 2.32 bits per heavy atom. The molecule has 0 saturated carbocycles. The quantitative estimate of drug-likeness (QED) is 0.667. The summed E-state index contributed by atoms with van der Waals surface area (Å²) in [5.41, 5.74) is 0.508. The van der Waals surface area contributed by atoms with Crippen molar-refractivity contribution >= 4 is 17.5 Å². The van der Waals surface area contributed by atoms with Crippen LogP contribution in [0, 0.1) is 5.92 Å². The van der Waals surface area contributed by atoms with Crippen molar-refractivity contribution in [3.8, 4) is 5.75 Å². The van der Waals surface area contributed by atoms with Crippen molar-refractivity contribution in [1.29, 1.82) is 0 Å². The van der Waals surface area contributed by atoms with Gasteiger partial charge in [-0.25, -0.2) is 0 Å². The molecule has 1 aromatic rings. The van der Waals surface area contributed by atoms with Crippen LogP contribution in [0.3, 0.4) is 0 Å². The summed E-state index contributed by atoms with van der Waals surface area (Å²) in [6.07, 6.45) is 0.553. The van der Waals surface area contributed by atoms with Crippen LogP contribution < -0.4 is 15.4 Å². The van der Waals surface area contributed by atoms with E-state index in [1.165, 1.54) is 0 Å². The maximum absolute atomic E-state index is 11.7. The van der Waals surface area contributed by atoms with Gasteiger partial charge in [-0.05, 0) is 36.6 Å². The first-order chi connectivity index (χ1) is 10.5. The molecular weight excluding hydrogens is 284 g/mol. The van der Waals surface area contributed by atoms with Gasteiger partial charge in [0.25, 0.3) is 0 Å². The van der Waals surface area contributed by atoms with E-state index in [-0.39, 0.29) is 6.61 Å². The second kappa shape index (κ2) is 9.04. The minimum absolute atomic E-state index is 0.197. The fraction of sp³-hybridized carbons (Fsp3) is 0.500. The van der Waals surface area contributed by atoms with Crippen molar-refractivity contribution in [2.24, 2.45) is 5.92 Å². The van der Waals surface area contributed by atoms with E-state index in [1.54, 1.807) is 24.3 Å². The van der Waals surface area contributed by atoms with Crippen molar-refractivity contribution < 1.29 is 19.4 Å². The first-order valence-corrected chi connectivity index (χ1v) is 7.41. The molecule has 22 heavy (non-hydrogen) atoms. The summed E-state index contributed by atoms with van der Waals surface area (Å²) < 4.78 is 5.54. The standard InChI is InChI=1S/C16H24N2O4/c1-4-12(9-19)17-15(20)16(21)18-13-5-7-14(8-6-13)22-10-11(2)3/h5-8,11-12,19H,4,9-10H2,1-3H3,(H,17,20)(H,18,21)/t12-/m0/s1. The topological polar surface area (TPSA) is 87.7 Å². The number of aliphatic hydroxyl groups is 1. The molecule has 0 unspecified atom stereocenters. The molecule has 0 bridgehead atoms. The molecular formula is C16H24N2O4. The predicted molar refractivity (Wildman–Crippen MR) is 84.7 cm³/mol. The molecule has 1 atom stereocenters. The Labute approximate surface area is 130 Å². The van der Waals surface area contributed by atoms with Crippen LogP contribution >= 0.6 is 0 Å². The second-order valence-corrected chi connectivity index (χ2v) is 5.44. The van der Waals surface area contributed by atoms with Crippen LogP contribution in [0.2, 0.25) is 0 Å². The highest BCUT2D eigenvalue weighted by atomic mass is 16.5. The van der Waals surface area contributed by atoms with E-state index in [1.807, 2.05) is 6.92 Å². The Morgan fingerprint density at radius 2 is 1.82 bits per heavy atom. The molecule has 0 fully saturated rings. The van der Waals surface area contributed by atoms with Crippen molar-refractivity contribution in [1.82, 2.24) is 5.32 Å². The minimum Gasteiger partial charge on any atom is -0.493 e. The highest BCUT2D eigenvalue weighted by molar-refractivity contribution is 6.39. The van der Waals surface area contributed by atoms with Crippen LogP contribution in [0.1, 0.15) is 27.2 Å². The lowest BCUT2D eigenvalue weighted by Gasteiger charge is -2.14. The summed E-state index contributed by atoms with van der Waals surface area (Å²) in [5.74, 6) is -0.382. The molecule has 0 saturated heterocycles. The summed E-state index contributed by atoms with van der Waals surface area (Å²) in [6.45, 7) is 6.35. The van der Waals surface area contributed by atoms with E-state index >= 15 is 0 Å². The van der Waals surface area contributed by atoms with Crippen molar-refractivity contribution in [3.05, 3.63) is 24.3 Å². The van der Waals surface area contributed by atoms with Crippen molar-refractivity contribution in [3.63, 3.8) is 0 Å². The van der Waals surface area contributed by atoms with Gasteiger partial charge in [0.15, 0.2) is 0 Å². The third kappa shape index (κ3) is 6.13. The highest BCUT2D eigenvalue weighted by Gasteiger charge is 2.17. The monoisotopic (exact) mass is 308 g/mol. The fourth-order valence-electron chi connectivity index (χ4n) is 1.61. The van der Waals surface area contributed by atoms with Crippen LogP contribution in [-0.2, 0) is 9.59 Å². The van der Waals surface area contributed by atoms with Gasteiger partial charge in [0, 0.05) is 5.69 Å². The molecule has 0 aliphatic carbocycles. The zero-order valence-electron chi connectivity index (χ0n) is 13.3. The molecule has 0 aliphatic rings. The Kier molecular flexibility index (Phi) is 7.39. The molecule has 6 heteroatoms. The van der Waals surface area contributed by atoms with E-state index in [2.05, 4.69) is 24.5 Å². The van der Waals surface area contributed by atoms with E-state index in [0.29, 0.717) is 30.4 Å².